The molecule has 5 nitrogen and oxygen atoms in total. The average Bonchev–Trinajstić information content (AvgIpc) is 3.15. The molecule has 134 valence electrons. The predicted octanol–water partition coefficient (Wildman–Crippen LogP) is 3.77. The monoisotopic (exact) mass is 386 g/mol. The number of carbonyl (C=O) groups is 1. The molecular formula is C19H18N2O3S2. The first-order valence-corrected chi connectivity index (χ1v) is 10.3. The molecule has 3 aromatic rings. The fourth-order valence-corrected chi connectivity index (χ4v) is 4.62. The van der Waals surface area contributed by atoms with Crippen LogP contribution in [0.3, 0.4) is 0 Å². The van der Waals surface area contributed by atoms with Gasteiger partial charge in [-0.15, -0.1) is 11.3 Å². The van der Waals surface area contributed by atoms with E-state index in [2.05, 4.69) is 10.0 Å². The van der Waals surface area contributed by atoms with Crippen LogP contribution in [-0.2, 0) is 14.8 Å². The van der Waals surface area contributed by atoms with Crippen LogP contribution in [0.15, 0.2) is 77.0 Å². The van der Waals surface area contributed by atoms with Crippen molar-refractivity contribution in [2.45, 2.75) is 17.9 Å². The first-order chi connectivity index (χ1) is 12.5. The maximum atomic E-state index is 12.9. The van der Waals surface area contributed by atoms with Crippen LogP contribution in [0.5, 0.6) is 0 Å². The number of thiophene rings is 1. The highest BCUT2D eigenvalue weighted by Crippen LogP contribution is 2.28. The summed E-state index contributed by atoms with van der Waals surface area (Å²) in [5, 5.41) is 4.54. The summed E-state index contributed by atoms with van der Waals surface area (Å²) in [6.07, 6.45) is 0. The number of sulfonamides is 1. The lowest BCUT2D eigenvalue weighted by molar-refractivity contribution is -0.114. The minimum absolute atomic E-state index is 0.143. The Morgan fingerprint density at radius 3 is 2.23 bits per heavy atom. The molecule has 0 spiro atoms. The van der Waals surface area contributed by atoms with Crippen molar-refractivity contribution in [1.29, 1.82) is 0 Å². The third-order valence-electron chi connectivity index (χ3n) is 3.72. The summed E-state index contributed by atoms with van der Waals surface area (Å²) in [4.78, 5) is 12.1. The van der Waals surface area contributed by atoms with Gasteiger partial charge in [0.05, 0.1) is 10.9 Å². The van der Waals surface area contributed by atoms with Crippen LogP contribution in [0, 0.1) is 0 Å². The maximum Gasteiger partial charge on any atom is 0.241 e. The molecule has 0 fully saturated rings. The van der Waals surface area contributed by atoms with Gasteiger partial charge in [-0.2, -0.15) is 4.72 Å². The van der Waals surface area contributed by atoms with Crippen LogP contribution in [0.4, 0.5) is 5.69 Å². The van der Waals surface area contributed by atoms with Crippen LogP contribution in [-0.4, -0.2) is 14.3 Å². The first-order valence-electron chi connectivity index (χ1n) is 7.94. The summed E-state index contributed by atoms with van der Waals surface area (Å²) in [5.74, 6) is -0.208. The molecule has 1 unspecified atom stereocenters. The van der Waals surface area contributed by atoms with Crippen molar-refractivity contribution in [3.63, 3.8) is 0 Å². The van der Waals surface area contributed by atoms with Crippen molar-refractivity contribution in [1.82, 2.24) is 4.72 Å². The zero-order valence-electron chi connectivity index (χ0n) is 14.0. The number of hydrogen-bond acceptors (Lipinski definition) is 4. The van der Waals surface area contributed by atoms with Gasteiger partial charge in [-0.1, -0.05) is 36.4 Å². The number of anilines is 1. The van der Waals surface area contributed by atoms with Gasteiger partial charge < -0.3 is 5.32 Å². The summed E-state index contributed by atoms with van der Waals surface area (Å²) in [7, 11) is -3.73. The first kappa shape index (κ1) is 18.3. The molecule has 1 amide bonds. The normalized spacial score (nSPS) is 12.5. The number of hydrogen-bond donors (Lipinski definition) is 2. The van der Waals surface area contributed by atoms with E-state index in [4.69, 9.17) is 0 Å². The average molecular weight is 386 g/mol. The van der Waals surface area contributed by atoms with Gasteiger partial charge in [0.1, 0.15) is 0 Å². The molecular weight excluding hydrogens is 368 g/mol. The van der Waals surface area contributed by atoms with Crippen molar-refractivity contribution < 1.29 is 13.2 Å². The van der Waals surface area contributed by atoms with Crippen molar-refractivity contribution in [2.24, 2.45) is 0 Å². The molecule has 0 bridgehead atoms. The molecule has 0 saturated carbocycles. The van der Waals surface area contributed by atoms with Gasteiger partial charge in [-0.25, -0.2) is 8.42 Å². The van der Waals surface area contributed by atoms with Crippen molar-refractivity contribution in [3.8, 4) is 0 Å². The standard InChI is InChI=1S/C19H18N2O3S2/c1-14(22)20-16-9-11-17(12-10-16)26(23,24)21-19(18-8-5-13-25-18)15-6-3-2-4-7-15/h2-13,19,21H,1H3,(H,20,22). The minimum Gasteiger partial charge on any atom is -0.326 e. The Hall–Kier alpha value is -2.48. The van der Waals surface area contributed by atoms with E-state index in [-0.39, 0.29) is 10.8 Å². The third-order valence-corrected chi connectivity index (χ3v) is 6.09. The van der Waals surface area contributed by atoms with Crippen LogP contribution in [0.2, 0.25) is 0 Å². The second-order valence-electron chi connectivity index (χ2n) is 5.69. The highest BCUT2D eigenvalue weighted by atomic mass is 32.2. The van der Waals surface area contributed by atoms with Gasteiger partial charge in [0.2, 0.25) is 15.9 Å². The number of nitrogens with one attached hydrogen (secondary N) is 2. The fourth-order valence-electron chi connectivity index (χ4n) is 2.54. The van der Waals surface area contributed by atoms with Crippen LogP contribution >= 0.6 is 11.3 Å². The van der Waals surface area contributed by atoms with E-state index in [0.717, 1.165) is 10.4 Å². The van der Waals surface area contributed by atoms with Gasteiger partial charge in [-0.05, 0) is 41.3 Å². The van der Waals surface area contributed by atoms with Crippen LogP contribution in [0.1, 0.15) is 23.4 Å². The van der Waals surface area contributed by atoms with Gasteiger partial charge in [-0.3, -0.25) is 4.79 Å². The van der Waals surface area contributed by atoms with Gasteiger partial charge in [0.15, 0.2) is 0 Å². The quantitative estimate of drug-likeness (QED) is 0.677. The number of rotatable bonds is 6. The minimum atomic E-state index is -3.73. The van der Waals surface area contributed by atoms with Crippen molar-refractivity contribution in [2.75, 3.05) is 5.32 Å². The summed E-state index contributed by atoms with van der Waals surface area (Å²) >= 11 is 1.50. The zero-order valence-corrected chi connectivity index (χ0v) is 15.7. The highest BCUT2D eigenvalue weighted by molar-refractivity contribution is 7.89. The van der Waals surface area contributed by atoms with Gasteiger partial charge in [0, 0.05) is 17.5 Å². The smallest absolute Gasteiger partial charge is 0.241 e. The second kappa shape index (κ2) is 7.82. The van der Waals surface area contributed by atoms with E-state index in [1.807, 2.05) is 47.8 Å². The SMILES string of the molecule is CC(=O)Nc1ccc(S(=O)(=O)NC(c2ccccc2)c2cccs2)cc1. The molecule has 2 N–H and O–H groups in total. The molecule has 3 rings (SSSR count). The number of benzene rings is 2. The molecule has 1 atom stereocenters. The molecule has 0 aliphatic carbocycles. The number of amides is 1. The van der Waals surface area contributed by atoms with E-state index in [0.29, 0.717) is 5.69 Å². The zero-order chi connectivity index (χ0) is 18.6. The second-order valence-corrected chi connectivity index (χ2v) is 8.38. The fraction of sp³-hybridized carbons (Fsp3) is 0.105. The topological polar surface area (TPSA) is 75.3 Å². The summed E-state index contributed by atoms with van der Waals surface area (Å²) in [6.45, 7) is 1.40. The lowest BCUT2D eigenvalue weighted by Crippen LogP contribution is -2.29. The molecule has 0 saturated heterocycles. The summed E-state index contributed by atoms with van der Waals surface area (Å²) in [6, 6.07) is 18.9. The molecule has 1 heterocycles. The van der Waals surface area contributed by atoms with Gasteiger partial charge >= 0.3 is 0 Å². The molecule has 0 aliphatic heterocycles. The molecule has 2 aromatic carbocycles. The van der Waals surface area contributed by atoms with Crippen molar-refractivity contribution in [3.05, 3.63) is 82.6 Å². The molecule has 0 radical (unpaired) electrons. The van der Waals surface area contributed by atoms with E-state index < -0.39 is 16.1 Å². The highest BCUT2D eigenvalue weighted by Gasteiger charge is 2.23. The third kappa shape index (κ3) is 4.37. The Labute approximate surface area is 156 Å². The largest absolute Gasteiger partial charge is 0.326 e. The molecule has 0 aliphatic rings. The van der Waals surface area contributed by atoms with E-state index in [1.54, 1.807) is 12.1 Å². The Kier molecular flexibility index (Phi) is 5.51. The number of carbonyl (C=O) groups excluding carboxylic acids is 1. The Morgan fingerprint density at radius 1 is 0.962 bits per heavy atom. The summed E-state index contributed by atoms with van der Waals surface area (Å²) in [5.41, 5.74) is 1.42. The Balaban J connectivity index is 1.89. The van der Waals surface area contributed by atoms with Gasteiger partial charge in [0.25, 0.3) is 0 Å². The van der Waals surface area contributed by atoms with E-state index in [1.165, 1.54) is 30.4 Å². The predicted molar refractivity (Wildman–Crippen MR) is 104 cm³/mol. The Morgan fingerprint density at radius 2 is 1.65 bits per heavy atom. The van der Waals surface area contributed by atoms with Crippen molar-refractivity contribution >= 4 is 33.0 Å². The summed E-state index contributed by atoms with van der Waals surface area (Å²) < 4.78 is 28.5. The molecule has 26 heavy (non-hydrogen) atoms. The van der Waals surface area contributed by atoms with Crippen LogP contribution in [0.25, 0.3) is 0 Å². The Bertz CT molecular complexity index is 967. The lowest BCUT2D eigenvalue weighted by Gasteiger charge is -2.18. The maximum absolute atomic E-state index is 12.9. The van der Waals surface area contributed by atoms with Crippen LogP contribution < -0.4 is 10.0 Å². The van der Waals surface area contributed by atoms with E-state index in [9.17, 15) is 13.2 Å². The molecule has 7 heteroatoms. The molecule has 1 aromatic heterocycles. The van der Waals surface area contributed by atoms with E-state index >= 15 is 0 Å². The lowest BCUT2D eigenvalue weighted by atomic mass is 10.1.